The minimum atomic E-state index is -0.318. The van der Waals surface area contributed by atoms with E-state index in [0.717, 1.165) is 5.70 Å². The number of carbonyl (C=O) groups excluding carboxylic acids is 2. The van der Waals surface area contributed by atoms with E-state index in [2.05, 4.69) is 23.5 Å². The molecule has 22 heavy (non-hydrogen) atoms. The van der Waals surface area contributed by atoms with Crippen LogP contribution in [0.2, 0.25) is 0 Å². The molecule has 4 rings (SSSR count). The van der Waals surface area contributed by atoms with Gasteiger partial charge in [-0.15, -0.1) is 0 Å². The van der Waals surface area contributed by atoms with Crippen molar-refractivity contribution in [3.8, 4) is 0 Å². The number of imide groups is 1. The summed E-state index contributed by atoms with van der Waals surface area (Å²) in [5.74, 6) is 0.251. The third-order valence-electron chi connectivity index (χ3n) is 4.91. The summed E-state index contributed by atoms with van der Waals surface area (Å²) in [7, 11) is 1.57. The van der Waals surface area contributed by atoms with E-state index in [1.165, 1.54) is 10.5 Å². The van der Waals surface area contributed by atoms with Crippen LogP contribution in [0.25, 0.3) is 0 Å². The molecule has 1 N–H and O–H groups in total. The summed E-state index contributed by atoms with van der Waals surface area (Å²) in [5, 5.41) is 3.53. The first-order chi connectivity index (χ1) is 10.6. The van der Waals surface area contributed by atoms with Gasteiger partial charge in [-0.3, -0.25) is 9.69 Å². The molecule has 0 aromatic rings. The molecule has 3 aliphatic heterocycles. The van der Waals surface area contributed by atoms with E-state index < -0.39 is 0 Å². The molecule has 0 bridgehead atoms. The highest BCUT2D eigenvalue weighted by Gasteiger charge is 2.52. The zero-order valence-electron chi connectivity index (χ0n) is 13.5. The van der Waals surface area contributed by atoms with Gasteiger partial charge in [0, 0.05) is 25.1 Å². The van der Waals surface area contributed by atoms with E-state index in [4.69, 9.17) is 0 Å². The van der Waals surface area contributed by atoms with E-state index in [0.29, 0.717) is 12.3 Å². The highest BCUT2D eigenvalue weighted by Crippen LogP contribution is 2.42. The molecule has 4 atom stereocenters. The summed E-state index contributed by atoms with van der Waals surface area (Å²) < 4.78 is 0. The van der Waals surface area contributed by atoms with Crippen LogP contribution in [-0.2, 0) is 4.79 Å². The first-order valence-corrected chi connectivity index (χ1v) is 8.04. The summed E-state index contributed by atoms with van der Waals surface area (Å²) in [6.07, 6.45) is 9.09. The zero-order valence-corrected chi connectivity index (χ0v) is 13.5. The maximum atomic E-state index is 12.2. The van der Waals surface area contributed by atoms with Crippen molar-refractivity contribution in [1.82, 2.24) is 15.1 Å². The first-order valence-electron chi connectivity index (χ1n) is 8.04. The monoisotopic (exact) mass is 301 g/mol. The van der Waals surface area contributed by atoms with Gasteiger partial charge in [-0.25, -0.2) is 4.79 Å². The number of rotatable bonds is 0. The minimum Gasteiger partial charge on any atom is -0.380 e. The van der Waals surface area contributed by atoms with Gasteiger partial charge in [0.05, 0.1) is 12.1 Å². The maximum Gasteiger partial charge on any atom is 0.327 e. The summed E-state index contributed by atoms with van der Waals surface area (Å²) in [5.41, 5.74) is 2.42. The number of amides is 3. The minimum absolute atomic E-state index is 0.0578. The number of nitrogens with zero attached hydrogens (tertiary/aromatic N) is 2. The van der Waals surface area contributed by atoms with Gasteiger partial charge in [-0.2, -0.15) is 0 Å². The van der Waals surface area contributed by atoms with Gasteiger partial charge in [0.1, 0.15) is 6.04 Å². The number of hydrogen-bond donors (Lipinski definition) is 1. The van der Waals surface area contributed by atoms with Crippen molar-refractivity contribution >= 4 is 11.9 Å². The summed E-state index contributed by atoms with van der Waals surface area (Å²) in [6.45, 7) is 6.00. The Kier molecular flexibility index (Phi) is 3.59. The molecular formula is C17H23N3O2. The van der Waals surface area contributed by atoms with Crippen molar-refractivity contribution in [1.29, 1.82) is 0 Å². The van der Waals surface area contributed by atoms with Crippen molar-refractivity contribution in [2.75, 3.05) is 7.05 Å². The molecular weight excluding hydrogens is 278 g/mol. The first kappa shape index (κ1) is 14.9. The second kappa shape index (κ2) is 5.30. The second-order valence-electron chi connectivity index (χ2n) is 5.89. The quantitative estimate of drug-likeness (QED) is 0.697. The van der Waals surface area contributed by atoms with Crippen LogP contribution in [0, 0.1) is 5.92 Å². The molecule has 0 spiro atoms. The van der Waals surface area contributed by atoms with Gasteiger partial charge < -0.3 is 10.2 Å². The summed E-state index contributed by atoms with van der Waals surface area (Å²) in [4.78, 5) is 27.4. The van der Waals surface area contributed by atoms with Gasteiger partial charge in [-0.1, -0.05) is 38.2 Å². The van der Waals surface area contributed by atoms with E-state index in [-0.39, 0.29) is 30.1 Å². The van der Waals surface area contributed by atoms with E-state index in [1.54, 1.807) is 11.9 Å². The van der Waals surface area contributed by atoms with Gasteiger partial charge in [0.2, 0.25) is 0 Å². The molecule has 1 saturated heterocycles. The molecule has 0 radical (unpaired) electrons. The maximum absolute atomic E-state index is 12.2. The largest absolute Gasteiger partial charge is 0.380 e. The van der Waals surface area contributed by atoms with Crippen LogP contribution in [0.3, 0.4) is 0 Å². The lowest BCUT2D eigenvalue weighted by Gasteiger charge is -2.35. The number of fused-ring (bicyclic) bond motifs is 3. The van der Waals surface area contributed by atoms with Crippen LogP contribution >= 0.6 is 0 Å². The Hall–Kier alpha value is -2.04. The highest BCUT2D eigenvalue weighted by molar-refractivity contribution is 6.04. The number of hydrogen-bond acceptors (Lipinski definition) is 3. The van der Waals surface area contributed by atoms with Gasteiger partial charge >= 0.3 is 6.03 Å². The fourth-order valence-corrected chi connectivity index (χ4v) is 3.88. The Balaban J connectivity index is 0.000000693. The van der Waals surface area contributed by atoms with Crippen molar-refractivity contribution in [2.24, 2.45) is 5.92 Å². The van der Waals surface area contributed by atoms with Crippen LogP contribution in [0.4, 0.5) is 4.79 Å². The van der Waals surface area contributed by atoms with Crippen LogP contribution in [0.15, 0.2) is 35.6 Å². The number of likely N-dealkylation sites (N-methyl/N-ethyl adjacent to an activating group) is 1. The average Bonchev–Trinajstić information content (AvgIpc) is 3.02. The van der Waals surface area contributed by atoms with Crippen LogP contribution in [-0.4, -0.2) is 46.9 Å². The number of nitrogens with one attached hydrogen (secondary N) is 1. The predicted octanol–water partition coefficient (Wildman–Crippen LogP) is 2.04. The van der Waals surface area contributed by atoms with E-state index >= 15 is 0 Å². The Morgan fingerprint density at radius 2 is 1.86 bits per heavy atom. The fourth-order valence-electron chi connectivity index (χ4n) is 3.88. The molecule has 0 saturated carbocycles. The molecule has 4 unspecified atom stereocenters. The Morgan fingerprint density at radius 3 is 2.59 bits per heavy atom. The molecule has 0 aromatic carbocycles. The molecule has 5 heteroatoms. The SMILES string of the molecule is CC.CC1C2=C(CC3C(=O)N(C)C(=O)N13)C1C=CC=CC1N2. The third-order valence-corrected chi connectivity index (χ3v) is 4.91. The Morgan fingerprint density at radius 1 is 1.18 bits per heavy atom. The van der Waals surface area contributed by atoms with Crippen LogP contribution < -0.4 is 5.32 Å². The van der Waals surface area contributed by atoms with Crippen molar-refractivity contribution in [3.63, 3.8) is 0 Å². The zero-order chi connectivity index (χ0) is 16.0. The molecule has 1 fully saturated rings. The van der Waals surface area contributed by atoms with Crippen molar-refractivity contribution < 1.29 is 9.59 Å². The van der Waals surface area contributed by atoms with Crippen LogP contribution in [0.1, 0.15) is 27.2 Å². The smallest absolute Gasteiger partial charge is 0.327 e. The molecule has 3 amide bonds. The molecule has 118 valence electrons. The number of carbonyl (C=O) groups is 2. The topological polar surface area (TPSA) is 52.7 Å². The predicted molar refractivity (Wildman–Crippen MR) is 84.9 cm³/mol. The van der Waals surface area contributed by atoms with Gasteiger partial charge in [0.15, 0.2) is 0 Å². The summed E-state index contributed by atoms with van der Waals surface area (Å²) in [6, 6.07) is -0.282. The standard InChI is InChI=1S/C15H17N3O2.C2H6/c1-8-13-10(9-5-3-4-6-11(9)16-13)7-12-14(19)17(2)15(20)18(8)12;1-2/h3-6,8-9,11-12,16H,7H2,1-2H3;1-2H3. The lowest BCUT2D eigenvalue weighted by atomic mass is 9.84. The molecule has 0 aromatic heterocycles. The van der Waals surface area contributed by atoms with Gasteiger partial charge in [0.25, 0.3) is 5.91 Å². The van der Waals surface area contributed by atoms with Crippen molar-refractivity contribution in [3.05, 3.63) is 35.6 Å². The van der Waals surface area contributed by atoms with Gasteiger partial charge in [-0.05, 0) is 12.5 Å². The molecule has 1 aliphatic carbocycles. The number of urea groups is 1. The molecule has 5 nitrogen and oxygen atoms in total. The molecule has 4 aliphatic rings. The Labute approximate surface area is 131 Å². The highest BCUT2D eigenvalue weighted by atomic mass is 16.2. The molecule has 3 heterocycles. The lowest BCUT2D eigenvalue weighted by molar-refractivity contribution is -0.127. The normalized spacial score (nSPS) is 34.9. The second-order valence-corrected chi connectivity index (χ2v) is 5.89. The fraction of sp³-hybridized carbons (Fsp3) is 0.529. The third kappa shape index (κ3) is 1.84. The Bertz CT molecular complexity index is 605. The summed E-state index contributed by atoms with van der Waals surface area (Å²) >= 11 is 0. The lowest BCUT2D eigenvalue weighted by Crippen LogP contribution is -2.48. The van der Waals surface area contributed by atoms with E-state index in [1.807, 2.05) is 26.8 Å². The van der Waals surface area contributed by atoms with E-state index in [9.17, 15) is 9.59 Å². The number of allylic oxidation sites excluding steroid dienone is 2. The van der Waals surface area contributed by atoms with Crippen LogP contribution in [0.5, 0.6) is 0 Å². The average molecular weight is 301 g/mol. The van der Waals surface area contributed by atoms with Crippen molar-refractivity contribution in [2.45, 2.75) is 45.3 Å².